The predicted molar refractivity (Wildman–Crippen MR) is 106 cm³/mol. The Morgan fingerprint density at radius 1 is 1.00 bits per heavy atom. The minimum Gasteiger partial charge on any atom is -0.497 e. The molecule has 0 spiro atoms. The van der Waals surface area contributed by atoms with Crippen molar-refractivity contribution < 1.29 is 24.2 Å². The molecular weight excluding hydrogens is 358 g/mol. The first-order valence-electron chi connectivity index (χ1n) is 9.12. The fraction of sp³-hybridized carbons (Fsp3) is 0.318. The van der Waals surface area contributed by atoms with Gasteiger partial charge in [-0.2, -0.15) is 0 Å². The SMILES string of the molecule is COc1ccc(C(=O)CCCC(=O)N(C)C(Cc2ccccc2)C(=O)O)cc1. The molecule has 6 heteroatoms. The van der Waals surface area contributed by atoms with Crippen molar-refractivity contribution in [2.75, 3.05) is 14.2 Å². The van der Waals surface area contributed by atoms with Gasteiger partial charge in [0.05, 0.1) is 7.11 Å². The van der Waals surface area contributed by atoms with Gasteiger partial charge in [-0.3, -0.25) is 9.59 Å². The Labute approximate surface area is 164 Å². The van der Waals surface area contributed by atoms with Crippen LogP contribution in [0.25, 0.3) is 0 Å². The highest BCUT2D eigenvalue weighted by molar-refractivity contribution is 5.96. The second-order valence-electron chi connectivity index (χ2n) is 6.55. The lowest BCUT2D eigenvalue weighted by molar-refractivity contribution is -0.149. The standard InChI is InChI=1S/C22H25NO5/c1-23(19(22(26)27)15-16-7-4-3-5-8-16)21(25)10-6-9-20(24)17-11-13-18(28-2)14-12-17/h3-5,7-8,11-14,19H,6,9-10,15H2,1-2H3,(H,26,27). The molecule has 2 aromatic carbocycles. The van der Waals surface area contributed by atoms with Crippen molar-refractivity contribution in [3.8, 4) is 5.75 Å². The van der Waals surface area contributed by atoms with Crippen LogP contribution in [0.2, 0.25) is 0 Å². The lowest BCUT2D eigenvalue weighted by Gasteiger charge is -2.25. The van der Waals surface area contributed by atoms with E-state index >= 15 is 0 Å². The lowest BCUT2D eigenvalue weighted by atomic mass is 10.0. The van der Waals surface area contributed by atoms with Gasteiger partial charge in [-0.1, -0.05) is 30.3 Å². The van der Waals surface area contributed by atoms with Crippen LogP contribution in [0.3, 0.4) is 0 Å². The average Bonchev–Trinajstić information content (AvgIpc) is 2.72. The summed E-state index contributed by atoms with van der Waals surface area (Å²) < 4.78 is 5.06. The number of Topliss-reactive ketones (excluding diaryl/α,β-unsaturated/α-hetero) is 1. The number of carboxylic acid groups (broad SMARTS) is 1. The third kappa shape index (κ3) is 5.94. The van der Waals surface area contributed by atoms with Crippen molar-refractivity contribution in [2.45, 2.75) is 31.7 Å². The molecule has 1 unspecified atom stereocenters. The zero-order chi connectivity index (χ0) is 20.5. The summed E-state index contributed by atoms with van der Waals surface area (Å²) in [5.41, 5.74) is 1.42. The molecule has 1 amide bonds. The number of hydrogen-bond acceptors (Lipinski definition) is 4. The van der Waals surface area contributed by atoms with E-state index in [4.69, 9.17) is 4.74 Å². The van der Waals surface area contributed by atoms with E-state index in [1.54, 1.807) is 31.4 Å². The maximum atomic E-state index is 12.4. The Kier molecular flexibility index (Phi) is 7.75. The number of amides is 1. The first kappa shape index (κ1) is 21.2. The van der Waals surface area contributed by atoms with Crippen molar-refractivity contribution in [2.24, 2.45) is 0 Å². The van der Waals surface area contributed by atoms with Crippen LogP contribution < -0.4 is 4.74 Å². The van der Waals surface area contributed by atoms with Crippen LogP contribution in [0.1, 0.15) is 35.2 Å². The van der Waals surface area contributed by atoms with Gasteiger partial charge >= 0.3 is 5.97 Å². The van der Waals surface area contributed by atoms with E-state index in [0.29, 0.717) is 17.7 Å². The second kappa shape index (κ2) is 10.3. The van der Waals surface area contributed by atoms with Gasteiger partial charge in [-0.05, 0) is 36.2 Å². The van der Waals surface area contributed by atoms with Gasteiger partial charge in [-0.15, -0.1) is 0 Å². The molecule has 2 rings (SSSR count). The Bertz CT molecular complexity index is 801. The van der Waals surface area contributed by atoms with E-state index in [1.807, 2.05) is 30.3 Å². The van der Waals surface area contributed by atoms with E-state index in [1.165, 1.54) is 11.9 Å². The van der Waals surface area contributed by atoms with Gasteiger partial charge in [0, 0.05) is 31.9 Å². The molecule has 0 saturated carbocycles. The normalized spacial score (nSPS) is 11.5. The summed E-state index contributed by atoms with van der Waals surface area (Å²) in [6, 6.07) is 15.1. The van der Waals surface area contributed by atoms with Gasteiger partial charge in [0.25, 0.3) is 0 Å². The molecule has 1 atom stereocenters. The molecule has 148 valence electrons. The Hall–Kier alpha value is -3.15. The number of ketones is 1. The fourth-order valence-electron chi connectivity index (χ4n) is 2.90. The second-order valence-corrected chi connectivity index (χ2v) is 6.55. The maximum absolute atomic E-state index is 12.4. The van der Waals surface area contributed by atoms with Crippen molar-refractivity contribution in [3.05, 3.63) is 65.7 Å². The summed E-state index contributed by atoms with van der Waals surface area (Å²) >= 11 is 0. The van der Waals surface area contributed by atoms with Crippen LogP contribution in [-0.4, -0.2) is 47.9 Å². The number of ether oxygens (including phenoxy) is 1. The molecule has 0 aromatic heterocycles. The van der Waals surface area contributed by atoms with Gasteiger partial charge < -0.3 is 14.7 Å². The molecule has 2 aromatic rings. The average molecular weight is 383 g/mol. The maximum Gasteiger partial charge on any atom is 0.326 e. The van der Waals surface area contributed by atoms with Crippen molar-refractivity contribution in [1.82, 2.24) is 4.90 Å². The number of likely N-dealkylation sites (N-methyl/N-ethyl adjacent to an activating group) is 1. The molecule has 0 bridgehead atoms. The van der Waals surface area contributed by atoms with Crippen molar-refractivity contribution in [3.63, 3.8) is 0 Å². The number of hydrogen-bond donors (Lipinski definition) is 1. The summed E-state index contributed by atoms with van der Waals surface area (Å²) in [7, 11) is 3.05. The number of carboxylic acids is 1. The van der Waals surface area contributed by atoms with E-state index in [0.717, 1.165) is 5.56 Å². The smallest absolute Gasteiger partial charge is 0.326 e. The zero-order valence-corrected chi connectivity index (χ0v) is 16.1. The molecular formula is C22H25NO5. The van der Waals surface area contributed by atoms with Gasteiger partial charge in [-0.25, -0.2) is 4.79 Å². The molecule has 0 saturated heterocycles. The summed E-state index contributed by atoms with van der Waals surface area (Å²) in [5.74, 6) is -0.719. The minimum absolute atomic E-state index is 0.0582. The van der Waals surface area contributed by atoms with Crippen LogP contribution in [0.5, 0.6) is 5.75 Å². The molecule has 0 radical (unpaired) electrons. The third-order valence-corrected chi connectivity index (χ3v) is 4.62. The van der Waals surface area contributed by atoms with E-state index in [9.17, 15) is 19.5 Å². The monoisotopic (exact) mass is 383 g/mol. The first-order valence-corrected chi connectivity index (χ1v) is 9.12. The largest absolute Gasteiger partial charge is 0.497 e. The molecule has 6 nitrogen and oxygen atoms in total. The molecule has 0 aliphatic carbocycles. The lowest BCUT2D eigenvalue weighted by Crippen LogP contribution is -2.43. The molecule has 0 aliphatic rings. The predicted octanol–water partition coefficient (Wildman–Crippen LogP) is 3.20. The summed E-state index contributed by atoms with van der Waals surface area (Å²) in [4.78, 5) is 37.5. The number of nitrogens with zero attached hydrogens (tertiary/aromatic N) is 1. The molecule has 0 fully saturated rings. The molecule has 1 N–H and O–H groups in total. The number of benzene rings is 2. The zero-order valence-electron chi connectivity index (χ0n) is 16.1. The van der Waals surface area contributed by atoms with Crippen LogP contribution in [0, 0.1) is 0 Å². The highest BCUT2D eigenvalue weighted by atomic mass is 16.5. The van der Waals surface area contributed by atoms with Crippen LogP contribution in [-0.2, 0) is 16.0 Å². The first-order chi connectivity index (χ1) is 13.4. The van der Waals surface area contributed by atoms with Crippen LogP contribution >= 0.6 is 0 Å². The van der Waals surface area contributed by atoms with Crippen LogP contribution in [0.4, 0.5) is 0 Å². The van der Waals surface area contributed by atoms with E-state index in [-0.39, 0.29) is 31.0 Å². The van der Waals surface area contributed by atoms with E-state index in [2.05, 4.69) is 0 Å². The molecule has 0 aliphatic heterocycles. The molecule has 28 heavy (non-hydrogen) atoms. The number of carbonyl (C=O) groups excluding carboxylic acids is 2. The third-order valence-electron chi connectivity index (χ3n) is 4.62. The number of aliphatic carboxylic acids is 1. The molecule has 0 heterocycles. The Morgan fingerprint density at radius 2 is 1.64 bits per heavy atom. The quantitative estimate of drug-likeness (QED) is 0.637. The Balaban J connectivity index is 1.87. The summed E-state index contributed by atoms with van der Waals surface area (Å²) in [6.07, 6.45) is 0.953. The minimum atomic E-state index is -1.05. The number of methoxy groups -OCH3 is 1. The summed E-state index contributed by atoms with van der Waals surface area (Å²) in [5, 5.41) is 9.50. The van der Waals surface area contributed by atoms with Gasteiger partial charge in [0.1, 0.15) is 11.8 Å². The van der Waals surface area contributed by atoms with Gasteiger partial charge in [0.15, 0.2) is 5.78 Å². The van der Waals surface area contributed by atoms with Crippen molar-refractivity contribution in [1.29, 1.82) is 0 Å². The highest BCUT2D eigenvalue weighted by Gasteiger charge is 2.26. The van der Waals surface area contributed by atoms with Crippen LogP contribution in [0.15, 0.2) is 54.6 Å². The Morgan fingerprint density at radius 3 is 2.21 bits per heavy atom. The fourth-order valence-corrected chi connectivity index (χ4v) is 2.90. The van der Waals surface area contributed by atoms with E-state index < -0.39 is 12.0 Å². The highest BCUT2D eigenvalue weighted by Crippen LogP contribution is 2.15. The number of carbonyl (C=O) groups is 3. The van der Waals surface area contributed by atoms with Crippen molar-refractivity contribution >= 4 is 17.7 Å². The summed E-state index contributed by atoms with van der Waals surface area (Å²) in [6.45, 7) is 0. The topological polar surface area (TPSA) is 83.9 Å². The number of rotatable bonds is 10. The van der Waals surface area contributed by atoms with Gasteiger partial charge in [0.2, 0.25) is 5.91 Å².